The Morgan fingerprint density at radius 1 is 1.40 bits per heavy atom. The maximum absolute atomic E-state index is 12.4. The summed E-state index contributed by atoms with van der Waals surface area (Å²) in [5.41, 5.74) is 7.95. The first kappa shape index (κ1) is 13.4. The van der Waals surface area contributed by atoms with E-state index in [-0.39, 0.29) is 5.91 Å². The fourth-order valence-electron chi connectivity index (χ4n) is 2.98. The third kappa shape index (κ3) is 2.40. The van der Waals surface area contributed by atoms with Crippen LogP contribution in [0.4, 0.5) is 5.69 Å². The summed E-state index contributed by atoms with van der Waals surface area (Å²) in [7, 11) is 0. The zero-order valence-corrected chi connectivity index (χ0v) is 12.7. The first-order chi connectivity index (χ1) is 9.54. The number of hydrogen-bond donors (Lipinski definition) is 2. The van der Waals surface area contributed by atoms with Gasteiger partial charge in [0.2, 0.25) is 0 Å². The highest BCUT2D eigenvalue weighted by Gasteiger charge is 2.25. The second-order valence-electron chi connectivity index (χ2n) is 5.93. The molecule has 1 aromatic carbocycles. The average molecular weight is 288 g/mol. The lowest BCUT2D eigenvalue weighted by molar-refractivity contribution is 0.0942. The smallest absolute Gasteiger partial charge is 0.263 e. The molecule has 1 fully saturated rings. The van der Waals surface area contributed by atoms with Crippen molar-refractivity contribution in [2.24, 2.45) is 5.92 Å². The Morgan fingerprint density at radius 2 is 2.20 bits per heavy atom. The molecule has 2 aromatic rings. The standard InChI is InChI=1S/C16H20N2OS/c1-9-3-5-11(7-9)18-16(19)15-14(17)12-6-4-10(2)8-13(12)20-15/h4,6,8-9,11H,3,5,7,17H2,1-2H3,(H,18,19). The average Bonchev–Trinajstić information content (AvgIpc) is 2.94. The van der Waals surface area contributed by atoms with Gasteiger partial charge >= 0.3 is 0 Å². The van der Waals surface area contributed by atoms with Gasteiger partial charge in [-0.05, 0) is 43.7 Å². The fourth-order valence-corrected chi connectivity index (χ4v) is 4.11. The van der Waals surface area contributed by atoms with Crippen LogP contribution in [-0.2, 0) is 0 Å². The molecule has 1 aliphatic rings. The SMILES string of the molecule is Cc1ccc2c(N)c(C(=O)NC3CCC(C)C3)sc2c1. The zero-order chi connectivity index (χ0) is 14.3. The van der Waals surface area contributed by atoms with Crippen LogP contribution in [0.3, 0.4) is 0 Å². The van der Waals surface area contributed by atoms with E-state index in [0.717, 1.165) is 22.9 Å². The number of thiophene rings is 1. The van der Waals surface area contributed by atoms with Gasteiger partial charge in [0.15, 0.2) is 0 Å². The molecular formula is C16H20N2OS. The van der Waals surface area contributed by atoms with E-state index < -0.39 is 0 Å². The molecule has 0 saturated heterocycles. The van der Waals surface area contributed by atoms with Gasteiger partial charge in [-0.1, -0.05) is 19.1 Å². The van der Waals surface area contributed by atoms with Crippen molar-refractivity contribution in [1.82, 2.24) is 5.32 Å². The second kappa shape index (κ2) is 5.09. The quantitative estimate of drug-likeness (QED) is 0.885. The number of nitrogens with two attached hydrogens (primary N) is 1. The van der Waals surface area contributed by atoms with Crippen LogP contribution >= 0.6 is 11.3 Å². The van der Waals surface area contributed by atoms with Crippen LogP contribution in [0.25, 0.3) is 10.1 Å². The molecule has 1 saturated carbocycles. The number of carbonyl (C=O) groups is 1. The highest BCUT2D eigenvalue weighted by molar-refractivity contribution is 7.21. The van der Waals surface area contributed by atoms with Crippen molar-refractivity contribution in [3.8, 4) is 0 Å². The molecule has 3 rings (SSSR count). The number of nitrogen functional groups attached to an aromatic ring is 1. The highest BCUT2D eigenvalue weighted by atomic mass is 32.1. The van der Waals surface area contributed by atoms with Gasteiger partial charge < -0.3 is 11.1 Å². The van der Waals surface area contributed by atoms with E-state index >= 15 is 0 Å². The number of carbonyl (C=O) groups excluding carboxylic acids is 1. The number of rotatable bonds is 2. The predicted octanol–water partition coefficient (Wildman–Crippen LogP) is 3.71. The third-order valence-corrected chi connectivity index (χ3v) is 5.29. The fraction of sp³-hybridized carbons (Fsp3) is 0.438. The zero-order valence-electron chi connectivity index (χ0n) is 11.9. The summed E-state index contributed by atoms with van der Waals surface area (Å²) in [6.45, 7) is 4.29. The molecule has 3 nitrogen and oxygen atoms in total. The first-order valence-electron chi connectivity index (χ1n) is 7.14. The molecule has 1 aromatic heterocycles. The van der Waals surface area contributed by atoms with E-state index in [1.54, 1.807) is 0 Å². The molecule has 0 aliphatic heterocycles. The largest absolute Gasteiger partial charge is 0.397 e. The molecule has 0 spiro atoms. The summed E-state index contributed by atoms with van der Waals surface area (Å²) in [5.74, 6) is 0.697. The lowest BCUT2D eigenvalue weighted by atomic mass is 10.1. The summed E-state index contributed by atoms with van der Waals surface area (Å²) in [4.78, 5) is 13.1. The van der Waals surface area contributed by atoms with E-state index in [9.17, 15) is 4.79 Å². The first-order valence-corrected chi connectivity index (χ1v) is 7.95. The molecule has 1 aliphatic carbocycles. The summed E-state index contributed by atoms with van der Waals surface area (Å²) in [6.07, 6.45) is 3.36. The topological polar surface area (TPSA) is 55.1 Å². The van der Waals surface area contributed by atoms with Crippen LogP contribution in [0.2, 0.25) is 0 Å². The van der Waals surface area contributed by atoms with E-state index in [1.165, 1.54) is 23.3 Å². The van der Waals surface area contributed by atoms with Crippen molar-refractivity contribution in [3.63, 3.8) is 0 Å². The minimum atomic E-state index is -0.0135. The Bertz CT molecular complexity index is 662. The number of nitrogens with one attached hydrogen (secondary N) is 1. The van der Waals surface area contributed by atoms with Crippen molar-refractivity contribution in [3.05, 3.63) is 28.6 Å². The van der Waals surface area contributed by atoms with Gasteiger partial charge in [0.1, 0.15) is 4.88 Å². The molecule has 1 heterocycles. The molecule has 3 N–H and O–H groups in total. The second-order valence-corrected chi connectivity index (χ2v) is 6.99. The predicted molar refractivity (Wildman–Crippen MR) is 85.2 cm³/mol. The molecule has 0 bridgehead atoms. The van der Waals surface area contributed by atoms with Crippen LogP contribution in [0, 0.1) is 12.8 Å². The van der Waals surface area contributed by atoms with Crippen molar-refractivity contribution in [2.75, 3.05) is 5.73 Å². The van der Waals surface area contributed by atoms with Crippen LogP contribution < -0.4 is 11.1 Å². The van der Waals surface area contributed by atoms with Gasteiger partial charge in [-0.25, -0.2) is 0 Å². The molecular weight excluding hydrogens is 268 g/mol. The number of aryl methyl sites for hydroxylation is 1. The van der Waals surface area contributed by atoms with Gasteiger partial charge in [0.25, 0.3) is 5.91 Å². The Hall–Kier alpha value is -1.55. The number of anilines is 1. The maximum atomic E-state index is 12.4. The van der Waals surface area contributed by atoms with Gasteiger partial charge in [-0.3, -0.25) is 4.79 Å². The van der Waals surface area contributed by atoms with Crippen LogP contribution in [0.1, 0.15) is 41.4 Å². The van der Waals surface area contributed by atoms with E-state index in [4.69, 9.17) is 5.73 Å². The van der Waals surface area contributed by atoms with E-state index in [1.807, 2.05) is 12.1 Å². The third-order valence-electron chi connectivity index (χ3n) is 4.12. The molecule has 106 valence electrons. The summed E-state index contributed by atoms with van der Waals surface area (Å²) < 4.78 is 1.09. The number of amides is 1. The van der Waals surface area contributed by atoms with E-state index in [2.05, 4.69) is 25.2 Å². The molecule has 20 heavy (non-hydrogen) atoms. The van der Waals surface area contributed by atoms with Crippen molar-refractivity contribution < 1.29 is 4.79 Å². The number of benzene rings is 1. The lowest BCUT2D eigenvalue weighted by Gasteiger charge is -2.11. The van der Waals surface area contributed by atoms with E-state index in [0.29, 0.717) is 22.5 Å². The molecule has 2 atom stereocenters. The molecule has 2 unspecified atom stereocenters. The Labute approximate surface area is 123 Å². The number of hydrogen-bond acceptors (Lipinski definition) is 3. The van der Waals surface area contributed by atoms with Gasteiger partial charge in [-0.15, -0.1) is 11.3 Å². The van der Waals surface area contributed by atoms with Crippen molar-refractivity contribution in [1.29, 1.82) is 0 Å². The van der Waals surface area contributed by atoms with Crippen LogP contribution in [-0.4, -0.2) is 11.9 Å². The Morgan fingerprint density at radius 3 is 2.90 bits per heavy atom. The molecule has 0 radical (unpaired) electrons. The normalized spacial score (nSPS) is 22.3. The Kier molecular flexibility index (Phi) is 3.42. The molecule has 1 amide bonds. The maximum Gasteiger partial charge on any atom is 0.263 e. The van der Waals surface area contributed by atoms with Crippen molar-refractivity contribution in [2.45, 2.75) is 39.2 Å². The van der Waals surface area contributed by atoms with Crippen LogP contribution in [0.5, 0.6) is 0 Å². The summed E-state index contributed by atoms with van der Waals surface area (Å²) in [5, 5.41) is 4.12. The minimum absolute atomic E-state index is 0.0135. The monoisotopic (exact) mass is 288 g/mol. The minimum Gasteiger partial charge on any atom is -0.397 e. The molecule has 4 heteroatoms. The van der Waals surface area contributed by atoms with Gasteiger partial charge in [-0.2, -0.15) is 0 Å². The lowest BCUT2D eigenvalue weighted by Crippen LogP contribution is -2.32. The number of fused-ring (bicyclic) bond motifs is 1. The van der Waals surface area contributed by atoms with Crippen LogP contribution in [0.15, 0.2) is 18.2 Å². The van der Waals surface area contributed by atoms with Crippen molar-refractivity contribution >= 4 is 33.0 Å². The Balaban J connectivity index is 1.86. The van der Waals surface area contributed by atoms with Gasteiger partial charge in [0, 0.05) is 16.1 Å². The summed E-state index contributed by atoms with van der Waals surface area (Å²) >= 11 is 1.49. The highest BCUT2D eigenvalue weighted by Crippen LogP contribution is 2.34. The summed E-state index contributed by atoms with van der Waals surface area (Å²) in [6, 6.07) is 6.44. The van der Waals surface area contributed by atoms with Gasteiger partial charge in [0.05, 0.1) is 5.69 Å².